The molecule has 21 heavy (non-hydrogen) atoms. The van der Waals surface area contributed by atoms with E-state index in [0.29, 0.717) is 0 Å². The Morgan fingerprint density at radius 2 is 1.71 bits per heavy atom. The van der Waals surface area contributed by atoms with Crippen LogP contribution in [-0.2, 0) is 6.42 Å². The van der Waals surface area contributed by atoms with Gasteiger partial charge in [-0.2, -0.15) is 0 Å². The molecule has 0 unspecified atom stereocenters. The molecule has 0 spiro atoms. The fourth-order valence-corrected chi connectivity index (χ4v) is 2.07. The van der Waals surface area contributed by atoms with Gasteiger partial charge in [0.15, 0.2) is 0 Å². The van der Waals surface area contributed by atoms with Gasteiger partial charge < -0.3 is 0 Å². The second kappa shape index (κ2) is 14.2. The molecule has 0 aromatic heterocycles. The largest absolute Gasteiger partial charge is 0.0952 e. The van der Waals surface area contributed by atoms with Crippen LogP contribution in [0.5, 0.6) is 0 Å². The smallest absolute Gasteiger partial charge is 0.0438 e. The molecular weight excluding hydrogens is 276 g/mol. The van der Waals surface area contributed by atoms with Gasteiger partial charge >= 0.3 is 0 Å². The van der Waals surface area contributed by atoms with Crippen LogP contribution >= 0.6 is 11.6 Å². The van der Waals surface area contributed by atoms with Crippen molar-refractivity contribution in [1.29, 1.82) is 0 Å². The summed E-state index contributed by atoms with van der Waals surface area (Å²) in [5.41, 5.74) is 3.73. The maximum atomic E-state index is 6.18. The van der Waals surface area contributed by atoms with Crippen molar-refractivity contribution in [3.8, 4) is 0 Å². The molecule has 1 rings (SSSR count). The number of rotatable bonds is 6. The van der Waals surface area contributed by atoms with Gasteiger partial charge in [0.05, 0.1) is 0 Å². The Hall–Kier alpha value is -0.750. The molecule has 0 N–H and O–H groups in total. The predicted molar refractivity (Wildman–Crippen MR) is 101 cm³/mol. The van der Waals surface area contributed by atoms with Crippen molar-refractivity contribution in [2.24, 2.45) is 5.92 Å². The highest BCUT2D eigenvalue weighted by molar-refractivity contribution is 6.31. The fraction of sp³-hybridized carbons (Fsp3) is 0.600. The molecule has 0 fully saturated rings. The summed E-state index contributed by atoms with van der Waals surface area (Å²) < 4.78 is 0. The first-order valence-electron chi connectivity index (χ1n) is 8.51. The van der Waals surface area contributed by atoms with Gasteiger partial charge in [-0.1, -0.05) is 85.2 Å². The number of aryl methyl sites for hydroxylation is 1. The second-order valence-electron chi connectivity index (χ2n) is 5.09. The lowest BCUT2D eigenvalue weighted by atomic mass is 9.96. The maximum Gasteiger partial charge on any atom is 0.0438 e. The first-order valence-corrected chi connectivity index (χ1v) is 8.89. The van der Waals surface area contributed by atoms with Crippen LogP contribution < -0.4 is 0 Å². The van der Waals surface area contributed by atoms with Crippen molar-refractivity contribution < 1.29 is 0 Å². The van der Waals surface area contributed by atoms with Gasteiger partial charge in [-0.15, -0.1) is 0 Å². The topological polar surface area (TPSA) is 0 Å². The molecule has 1 aromatic carbocycles. The van der Waals surface area contributed by atoms with Crippen molar-refractivity contribution in [3.05, 3.63) is 40.9 Å². The molecule has 0 heterocycles. The number of allylic oxidation sites excluding steroid dienone is 1. The molecule has 0 aliphatic heterocycles. The average Bonchev–Trinajstić information content (AvgIpc) is 2.51. The van der Waals surface area contributed by atoms with Crippen LogP contribution in [0, 0.1) is 5.92 Å². The monoisotopic (exact) mass is 310 g/mol. The Kier molecular flexibility index (Phi) is 15.2. The van der Waals surface area contributed by atoms with E-state index in [0.717, 1.165) is 30.2 Å². The third kappa shape index (κ3) is 9.74. The standard InChI is InChI=1S/C16H23Cl.2C2H6/c1-5-6-15-11-14(9-10-16(15)17)13(4)8-7-12(2)3;2*1-2/h9-12H,4-8H2,1-3H3;2*1-2H3. The van der Waals surface area contributed by atoms with E-state index < -0.39 is 0 Å². The second-order valence-corrected chi connectivity index (χ2v) is 5.50. The fourth-order valence-electron chi connectivity index (χ4n) is 1.86. The minimum Gasteiger partial charge on any atom is -0.0952 e. The van der Waals surface area contributed by atoms with E-state index in [1.807, 2.05) is 33.8 Å². The summed E-state index contributed by atoms with van der Waals surface area (Å²) in [6.45, 7) is 18.9. The van der Waals surface area contributed by atoms with Crippen LogP contribution in [0.3, 0.4) is 0 Å². The number of hydrogen-bond acceptors (Lipinski definition) is 0. The van der Waals surface area contributed by atoms with Crippen LogP contribution in [0.2, 0.25) is 5.02 Å². The SMILES string of the molecule is C=C(CCC(C)C)c1ccc(Cl)c(CCC)c1.CC.CC. The van der Waals surface area contributed by atoms with Gasteiger partial charge in [-0.25, -0.2) is 0 Å². The molecule has 0 amide bonds. The predicted octanol–water partition coefficient (Wildman–Crippen LogP) is 7.79. The molecule has 0 saturated carbocycles. The highest BCUT2D eigenvalue weighted by Gasteiger charge is 2.05. The van der Waals surface area contributed by atoms with E-state index >= 15 is 0 Å². The summed E-state index contributed by atoms with van der Waals surface area (Å²) in [7, 11) is 0. The maximum absolute atomic E-state index is 6.18. The Morgan fingerprint density at radius 3 is 2.19 bits per heavy atom. The van der Waals surface area contributed by atoms with E-state index in [4.69, 9.17) is 11.6 Å². The van der Waals surface area contributed by atoms with Crippen molar-refractivity contribution >= 4 is 17.2 Å². The van der Waals surface area contributed by atoms with Crippen LogP contribution in [0.4, 0.5) is 0 Å². The quantitative estimate of drug-likeness (QED) is 0.503. The van der Waals surface area contributed by atoms with Crippen molar-refractivity contribution in [1.82, 2.24) is 0 Å². The first-order chi connectivity index (χ1) is 10.0. The normalized spacial score (nSPS) is 9.38. The van der Waals surface area contributed by atoms with Crippen LogP contribution in [0.25, 0.3) is 5.57 Å². The van der Waals surface area contributed by atoms with Gasteiger partial charge in [0.25, 0.3) is 0 Å². The van der Waals surface area contributed by atoms with Crippen molar-refractivity contribution in [3.63, 3.8) is 0 Å². The Bertz CT molecular complexity index is 377. The zero-order valence-corrected chi connectivity index (χ0v) is 16.0. The van der Waals surface area contributed by atoms with E-state index in [1.165, 1.54) is 23.1 Å². The minimum atomic E-state index is 0.731. The summed E-state index contributed by atoms with van der Waals surface area (Å²) in [5, 5.41) is 0.882. The molecule has 1 heteroatoms. The Labute approximate surface area is 138 Å². The third-order valence-electron chi connectivity index (χ3n) is 3.00. The van der Waals surface area contributed by atoms with Crippen molar-refractivity contribution in [2.45, 2.75) is 74.1 Å². The summed E-state index contributed by atoms with van der Waals surface area (Å²) >= 11 is 6.18. The van der Waals surface area contributed by atoms with Gasteiger partial charge in [0.2, 0.25) is 0 Å². The number of benzene rings is 1. The lowest BCUT2D eigenvalue weighted by Crippen LogP contribution is -1.92. The van der Waals surface area contributed by atoms with Gasteiger partial charge in [0, 0.05) is 5.02 Å². The summed E-state index contributed by atoms with van der Waals surface area (Å²) in [4.78, 5) is 0. The van der Waals surface area contributed by atoms with E-state index in [-0.39, 0.29) is 0 Å². The highest BCUT2D eigenvalue weighted by atomic mass is 35.5. The molecule has 0 aliphatic rings. The molecule has 0 nitrogen and oxygen atoms in total. The van der Waals surface area contributed by atoms with Crippen LogP contribution in [0.1, 0.15) is 78.9 Å². The zero-order chi connectivity index (χ0) is 16.8. The molecule has 0 atom stereocenters. The molecule has 0 aliphatic carbocycles. The lowest BCUT2D eigenvalue weighted by Gasteiger charge is -2.11. The molecule has 0 saturated heterocycles. The van der Waals surface area contributed by atoms with E-state index in [9.17, 15) is 0 Å². The van der Waals surface area contributed by atoms with Crippen LogP contribution in [-0.4, -0.2) is 0 Å². The average molecular weight is 311 g/mol. The first kappa shape index (κ1) is 22.5. The molecule has 0 radical (unpaired) electrons. The number of hydrogen-bond donors (Lipinski definition) is 0. The van der Waals surface area contributed by atoms with Gasteiger partial charge in [-0.3, -0.25) is 0 Å². The van der Waals surface area contributed by atoms with E-state index in [2.05, 4.69) is 39.5 Å². The third-order valence-corrected chi connectivity index (χ3v) is 3.37. The zero-order valence-electron chi connectivity index (χ0n) is 15.2. The summed E-state index contributed by atoms with van der Waals surface area (Å²) in [5.74, 6) is 0.731. The Morgan fingerprint density at radius 1 is 1.14 bits per heavy atom. The highest BCUT2D eigenvalue weighted by Crippen LogP contribution is 2.25. The minimum absolute atomic E-state index is 0.731. The summed E-state index contributed by atoms with van der Waals surface area (Å²) in [6.07, 6.45) is 4.45. The molecule has 0 bridgehead atoms. The molecular formula is C20H35Cl. The van der Waals surface area contributed by atoms with Gasteiger partial charge in [-0.05, 0) is 47.9 Å². The van der Waals surface area contributed by atoms with Crippen molar-refractivity contribution in [2.75, 3.05) is 0 Å². The van der Waals surface area contributed by atoms with E-state index in [1.54, 1.807) is 0 Å². The number of halogens is 1. The van der Waals surface area contributed by atoms with Crippen LogP contribution in [0.15, 0.2) is 24.8 Å². The lowest BCUT2D eigenvalue weighted by molar-refractivity contribution is 0.599. The molecule has 1 aromatic rings. The summed E-state index contributed by atoms with van der Waals surface area (Å²) in [6, 6.07) is 6.29. The molecule has 122 valence electrons. The van der Waals surface area contributed by atoms with Gasteiger partial charge in [0.1, 0.15) is 0 Å². The Balaban J connectivity index is 0.